The van der Waals surface area contributed by atoms with Crippen LogP contribution < -0.4 is 16.1 Å². The SMILES string of the molecule is O=C(O)C1=C(CSc2cnns2)CS[C@@H]2N1C(=O)[C@@]2(NO)NC(=O)C(NC(=O)N1CCN(Cc2ccccc2)C(=O)C1=O)c1ccccc1. The minimum absolute atomic E-state index is 0.0664. The fraction of sp³-hybridized carbons (Fsp3) is 0.267. The van der Waals surface area contributed by atoms with E-state index in [-0.39, 0.29) is 42.4 Å². The molecule has 49 heavy (non-hydrogen) atoms. The van der Waals surface area contributed by atoms with Crippen LogP contribution in [0.2, 0.25) is 0 Å². The molecular weight excluding hydrogens is 697 g/mol. The van der Waals surface area contributed by atoms with Crippen LogP contribution in [0.15, 0.2) is 82.3 Å². The molecule has 19 heteroatoms. The van der Waals surface area contributed by atoms with Gasteiger partial charge in [-0.3, -0.25) is 29.0 Å². The monoisotopic (exact) mass is 724 g/mol. The highest BCUT2D eigenvalue weighted by molar-refractivity contribution is 8.01. The van der Waals surface area contributed by atoms with Crippen LogP contribution in [0, 0.1) is 0 Å². The van der Waals surface area contributed by atoms with Crippen LogP contribution in [0.4, 0.5) is 4.79 Å². The van der Waals surface area contributed by atoms with Crippen molar-refractivity contribution in [3.63, 3.8) is 0 Å². The van der Waals surface area contributed by atoms with Crippen molar-refractivity contribution >= 4 is 70.7 Å². The van der Waals surface area contributed by atoms with Gasteiger partial charge in [0.2, 0.25) is 11.6 Å². The molecule has 2 aromatic carbocycles. The van der Waals surface area contributed by atoms with E-state index in [9.17, 15) is 39.1 Å². The van der Waals surface area contributed by atoms with E-state index in [2.05, 4.69) is 20.2 Å². The molecule has 0 saturated carbocycles. The second-order valence-corrected chi connectivity index (χ2v) is 14.1. The van der Waals surface area contributed by atoms with Gasteiger partial charge in [-0.15, -0.1) is 28.6 Å². The van der Waals surface area contributed by atoms with Crippen LogP contribution in [0.1, 0.15) is 17.2 Å². The number of carbonyl (C=O) groups excluding carboxylic acids is 5. The van der Waals surface area contributed by atoms with Gasteiger partial charge in [0.15, 0.2) is 0 Å². The number of benzene rings is 2. The first-order valence-corrected chi connectivity index (χ1v) is 17.5. The fourth-order valence-corrected chi connectivity index (χ4v) is 8.57. The van der Waals surface area contributed by atoms with E-state index < -0.39 is 52.7 Å². The summed E-state index contributed by atoms with van der Waals surface area (Å²) in [6.07, 6.45) is 1.54. The number of aliphatic carboxylic acids is 1. The van der Waals surface area contributed by atoms with Crippen molar-refractivity contribution in [2.45, 2.75) is 27.8 Å². The number of carboxylic acids is 1. The molecule has 254 valence electrons. The molecule has 5 N–H and O–H groups in total. The molecule has 2 saturated heterocycles. The van der Waals surface area contributed by atoms with E-state index >= 15 is 0 Å². The molecule has 0 bridgehead atoms. The summed E-state index contributed by atoms with van der Waals surface area (Å²) >= 11 is 3.58. The Bertz CT molecular complexity index is 1810. The largest absolute Gasteiger partial charge is 0.477 e. The van der Waals surface area contributed by atoms with Crippen LogP contribution in [-0.2, 0) is 30.5 Å². The Morgan fingerprint density at radius 1 is 1.02 bits per heavy atom. The summed E-state index contributed by atoms with van der Waals surface area (Å²) in [6, 6.07) is 14.5. The maximum Gasteiger partial charge on any atom is 0.352 e. The zero-order valence-electron chi connectivity index (χ0n) is 25.3. The molecule has 3 atom stereocenters. The van der Waals surface area contributed by atoms with Crippen LogP contribution in [-0.4, -0.2) is 106 Å². The quantitative estimate of drug-likeness (QED) is 0.0615. The smallest absolute Gasteiger partial charge is 0.352 e. The number of piperazine rings is 1. The lowest BCUT2D eigenvalue weighted by Crippen LogP contribution is -2.85. The Morgan fingerprint density at radius 3 is 2.39 bits per heavy atom. The number of hydroxylamine groups is 1. The van der Waals surface area contributed by atoms with E-state index in [0.717, 1.165) is 38.0 Å². The van der Waals surface area contributed by atoms with E-state index in [1.807, 2.05) is 23.7 Å². The summed E-state index contributed by atoms with van der Waals surface area (Å²) in [7, 11) is 0. The number of thioether (sulfide) groups is 2. The molecule has 3 aliphatic rings. The number of hydrogen-bond donors (Lipinski definition) is 5. The zero-order chi connectivity index (χ0) is 34.7. The molecule has 1 aromatic heterocycles. The van der Waals surface area contributed by atoms with Crippen molar-refractivity contribution in [2.75, 3.05) is 24.6 Å². The maximum atomic E-state index is 13.9. The van der Waals surface area contributed by atoms with Gasteiger partial charge in [0.25, 0.3) is 5.91 Å². The first-order chi connectivity index (χ1) is 23.6. The van der Waals surface area contributed by atoms with Crippen molar-refractivity contribution in [3.05, 3.63) is 89.3 Å². The molecule has 1 unspecified atom stereocenters. The predicted octanol–water partition coefficient (Wildman–Crippen LogP) is 0.997. The molecule has 3 aliphatic heterocycles. The molecular formula is C30H28N8O8S3. The summed E-state index contributed by atoms with van der Waals surface area (Å²) in [4.78, 5) is 82.3. The molecule has 2 fully saturated rings. The van der Waals surface area contributed by atoms with Gasteiger partial charge >= 0.3 is 23.8 Å². The number of β-lactam (4-membered cyclic amide) rings is 1. The van der Waals surface area contributed by atoms with E-state index in [1.54, 1.807) is 36.5 Å². The van der Waals surface area contributed by atoms with Crippen molar-refractivity contribution < 1.29 is 39.1 Å². The number of urea groups is 1. The number of imide groups is 1. The highest BCUT2D eigenvalue weighted by Gasteiger charge is 2.66. The third-order valence-electron chi connectivity index (χ3n) is 8.01. The third-order valence-corrected chi connectivity index (χ3v) is 11.3. The van der Waals surface area contributed by atoms with Gasteiger partial charge in [-0.1, -0.05) is 65.2 Å². The minimum Gasteiger partial charge on any atom is -0.477 e. The van der Waals surface area contributed by atoms with Gasteiger partial charge in [0, 0.05) is 31.1 Å². The number of rotatable bonds is 11. The second-order valence-electron chi connectivity index (χ2n) is 11.0. The number of carbonyl (C=O) groups is 6. The number of amides is 6. The third kappa shape index (κ3) is 6.62. The highest BCUT2D eigenvalue weighted by atomic mass is 32.2. The van der Waals surface area contributed by atoms with Crippen molar-refractivity contribution in [1.29, 1.82) is 0 Å². The summed E-state index contributed by atoms with van der Waals surface area (Å²) in [5, 5.41) is 28.0. The Kier molecular flexibility index (Phi) is 9.97. The van der Waals surface area contributed by atoms with Crippen molar-refractivity contribution in [2.24, 2.45) is 0 Å². The maximum absolute atomic E-state index is 13.9. The lowest BCUT2D eigenvalue weighted by Gasteiger charge is -2.56. The standard InChI is InChI=1S/C30H28N8O8S3/c39-23(33-30(34-46)27(44)38-22(26(42)43)19(16-48-28(30)38)15-47-20-13-31-35-49-20)21(18-9-5-2-6-10-18)32-29(45)37-12-11-36(24(40)25(37)41)14-17-7-3-1-4-8-17/h1-10,13,21,28,34,46H,11-12,14-16H2,(H,32,45)(H,33,39)(H,42,43)/t21?,28-,30-/m0/s1. The number of fused-ring (bicyclic) bond motifs is 1. The molecule has 0 spiro atoms. The first-order valence-electron chi connectivity index (χ1n) is 14.7. The van der Waals surface area contributed by atoms with Crippen LogP contribution in [0.5, 0.6) is 0 Å². The van der Waals surface area contributed by atoms with Crippen LogP contribution >= 0.6 is 35.1 Å². The van der Waals surface area contributed by atoms with Crippen molar-refractivity contribution in [3.8, 4) is 0 Å². The Morgan fingerprint density at radius 2 is 1.73 bits per heavy atom. The van der Waals surface area contributed by atoms with Gasteiger partial charge in [0.1, 0.15) is 21.3 Å². The zero-order valence-corrected chi connectivity index (χ0v) is 27.8. The summed E-state index contributed by atoms with van der Waals surface area (Å²) in [6.45, 7) is 0.112. The predicted molar refractivity (Wildman–Crippen MR) is 175 cm³/mol. The second kappa shape index (κ2) is 14.3. The Hall–Kier alpha value is -4.82. The lowest BCUT2D eigenvalue weighted by molar-refractivity contribution is -0.171. The number of nitrogens with zero attached hydrogens (tertiary/aromatic N) is 5. The van der Waals surface area contributed by atoms with Gasteiger partial charge < -0.3 is 25.8 Å². The minimum atomic E-state index is -2.14. The van der Waals surface area contributed by atoms with Crippen LogP contribution in [0.3, 0.4) is 0 Å². The Balaban J connectivity index is 1.18. The molecule has 6 amide bonds. The van der Waals surface area contributed by atoms with E-state index in [1.165, 1.54) is 28.8 Å². The fourth-order valence-electron chi connectivity index (χ4n) is 5.59. The number of hydrogen-bond acceptors (Lipinski definition) is 13. The molecule has 6 rings (SSSR count). The summed E-state index contributed by atoms with van der Waals surface area (Å²) < 4.78 is 4.54. The summed E-state index contributed by atoms with van der Waals surface area (Å²) in [5.41, 5.74) is 1.00. The lowest BCUT2D eigenvalue weighted by atomic mass is 9.94. The molecule has 16 nitrogen and oxygen atoms in total. The highest BCUT2D eigenvalue weighted by Crippen LogP contribution is 2.46. The number of aromatic nitrogens is 2. The van der Waals surface area contributed by atoms with Gasteiger partial charge in [-0.2, -0.15) is 5.48 Å². The average molecular weight is 725 g/mol. The average Bonchev–Trinajstić information content (AvgIpc) is 3.64. The van der Waals surface area contributed by atoms with Gasteiger partial charge in [-0.05, 0) is 28.2 Å². The topological polar surface area (TPSA) is 214 Å². The van der Waals surface area contributed by atoms with E-state index in [4.69, 9.17) is 0 Å². The van der Waals surface area contributed by atoms with E-state index in [0.29, 0.717) is 10.5 Å². The summed E-state index contributed by atoms with van der Waals surface area (Å²) in [5.74, 6) is -4.79. The van der Waals surface area contributed by atoms with Crippen molar-refractivity contribution in [1.82, 2.24) is 40.4 Å². The first kappa shape index (κ1) is 34.1. The Labute approximate surface area is 291 Å². The van der Waals surface area contributed by atoms with Gasteiger partial charge in [-0.25, -0.2) is 9.59 Å². The number of carboxylic acid groups (broad SMARTS) is 1. The number of nitrogens with one attached hydrogen (secondary N) is 3. The normalized spacial score (nSPS) is 21.2. The molecule has 0 aliphatic carbocycles. The van der Waals surface area contributed by atoms with Crippen LogP contribution in [0.25, 0.3) is 0 Å². The molecule has 3 aromatic rings. The molecule has 0 radical (unpaired) electrons. The molecule has 4 heterocycles. The van der Waals surface area contributed by atoms with Gasteiger partial charge in [0.05, 0.1) is 6.20 Å².